The summed E-state index contributed by atoms with van der Waals surface area (Å²) in [6.45, 7) is 3.52. The van der Waals surface area contributed by atoms with Crippen molar-refractivity contribution in [3.63, 3.8) is 0 Å². The van der Waals surface area contributed by atoms with Crippen LogP contribution in [-0.4, -0.2) is 11.1 Å². The van der Waals surface area contributed by atoms with Crippen LogP contribution in [0.4, 0.5) is 4.39 Å². The average Bonchev–Trinajstić information content (AvgIpc) is 2.15. The van der Waals surface area contributed by atoms with Crippen LogP contribution in [-0.2, 0) is 10.2 Å². The van der Waals surface area contributed by atoms with E-state index >= 15 is 0 Å². The van der Waals surface area contributed by atoms with Crippen LogP contribution in [0, 0.1) is 19.7 Å². The van der Waals surface area contributed by atoms with Crippen molar-refractivity contribution in [2.75, 3.05) is 0 Å². The molecule has 0 heterocycles. The Morgan fingerprint density at radius 2 is 2.00 bits per heavy atom. The summed E-state index contributed by atoms with van der Waals surface area (Å²) in [5.74, 6) is -1.14. The monoisotopic (exact) mass is 222 g/mol. The molecular formula is C13H15FO2. The predicted octanol–water partition coefficient (Wildman–Crippen LogP) is 2.95. The van der Waals surface area contributed by atoms with Crippen molar-refractivity contribution in [2.24, 2.45) is 0 Å². The minimum absolute atomic E-state index is 0.312. The zero-order chi connectivity index (χ0) is 11.9. The molecule has 0 amide bonds. The summed E-state index contributed by atoms with van der Waals surface area (Å²) in [6, 6.07) is 3.07. The number of aliphatic carboxylic acids is 1. The fraction of sp³-hybridized carbons (Fsp3) is 0.462. The van der Waals surface area contributed by atoms with Crippen molar-refractivity contribution in [1.82, 2.24) is 0 Å². The fourth-order valence-electron chi connectivity index (χ4n) is 2.66. The van der Waals surface area contributed by atoms with E-state index in [1.165, 1.54) is 6.07 Å². The number of carbonyl (C=O) groups is 1. The Morgan fingerprint density at radius 3 is 2.44 bits per heavy atom. The number of benzene rings is 1. The maximum atomic E-state index is 13.5. The van der Waals surface area contributed by atoms with Gasteiger partial charge >= 0.3 is 5.97 Å². The van der Waals surface area contributed by atoms with E-state index in [9.17, 15) is 14.3 Å². The number of rotatable bonds is 2. The molecule has 86 valence electrons. The van der Waals surface area contributed by atoms with E-state index in [4.69, 9.17) is 0 Å². The molecule has 0 aromatic heterocycles. The number of carboxylic acid groups (broad SMARTS) is 1. The molecule has 1 aliphatic carbocycles. The van der Waals surface area contributed by atoms with E-state index in [1.54, 1.807) is 13.0 Å². The first kappa shape index (κ1) is 11.1. The normalized spacial score (nSPS) is 17.9. The molecule has 1 fully saturated rings. The lowest BCUT2D eigenvalue weighted by Crippen LogP contribution is -2.43. The Bertz CT molecular complexity index is 447. The molecule has 2 nitrogen and oxygen atoms in total. The molecule has 2 rings (SSSR count). The van der Waals surface area contributed by atoms with Crippen LogP contribution in [0.5, 0.6) is 0 Å². The van der Waals surface area contributed by atoms with Crippen LogP contribution in [0.25, 0.3) is 0 Å². The Labute approximate surface area is 94.1 Å². The molecule has 0 bridgehead atoms. The third-order valence-corrected chi connectivity index (χ3v) is 3.70. The Kier molecular flexibility index (Phi) is 2.49. The average molecular weight is 222 g/mol. The Morgan fingerprint density at radius 1 is 1.38 bits per heavy atom. The molecule has 0 atom stereocenters. The van der Waals surface area contributed by atoms with Gasteiger partial charge in [-0.2, -0.15) is 0 Å². The summed E-state index contributed by atoms with van der Waals surface area (Å²) < 4.78 is 13.5. The lowest BCUT2D eigenvalue weighted by atomic mass is 9.62. The minimum Gasteiger partial charge on any atom is -0.481 e. The summed E-state index contributed by atoms with van der Waals surface area (Å²) in [6.07, 6.45) is 2.14. The lowest BCUT2D eigenvalue weighted by molar-refractivity contribution is -0.147. The highest BCUT2D eigenvalue weighted by molar-refractivity contribution is 5.83. The van der Waals surface area contributed by atoms with Crippen LogP contribution in [0.1, 0.15) is 36.0 Å². The molecule has 0 saturated heterocycles. The van der Waals surface area contributed by atoms with Crippen molar-refractivity contribution in [3.05, 3.63) is 34.6 Å². The van der Waals surface area contributed by atoms with E-state index in [1.807, 2.05) is 6.92 Å². The molecule has 1 saturated carbocycles. The van der Waals surface area contributed by atoms with Gasteiger partial charge < -0.3 is 5.11 Å². The molecule has 0 spiro atoms. The second kappa shape index (κ2) is 3.58. The van der Waals surface area contributed by atoms with Gasteiger partial charge in [-0.15, -0.1) is 0 Å². The minimum atomic E-state index is -0.837. The van der Waals surface area contributed by atoms with Crippen molar-refractivity contribution in [1.29, 1.82) is 0 Å². The van der Waals surface area contributed by atoms with Gasteiger partial charge in [-0.3, -0.25) is 4.79 Å². The highest BCUT2D eigenvalue weighted by atomic mass is 19.1. The van der Waals surface area contributed by atoms with Gasteiger partial charge in [-0.05, 0) is 49.4 Å². The third kappa shape index (κ3) is 1.34. The predicted molar refractivity (Wildman–Crippen MR) is 59.0 cm³/mol. The topological polar surface area (TPSA) is 37.3 Å². The molecule has 16 heavy (non-hydrogen) atoms. The van der Waals surface area contributed by atoms with Crippen molar-refractivity contribution < 1.29 is 14.3 Å². The highest BCUT2D eigenvalue weighted by Gasteiger charge is 2.47. The molecule has 0 radical (unpaired) electrons. The third-order valence-electron chi connectivity index (χ3n) is 3.70. The number of aryl methyl sites for hydroxylation is 1. The zero-order valence-electron chi connectivity index (χ0n) is 9.51. The second-order valence-corrected chi connectivity index (χ2v) is 4.61. The molecule has 1 aromatic rings. The number of carboxylic acids is 1. The summed E-state index contributed by atoms with van der Waals surface area (Å²) in [4.78, 5) is 11.4. The first-order valence-electron chi connectivity index (χ1n) is 5.48. The summed E-state index contributed by atoms with van der Waals surface area (Å²) >= 11 is 0. The van der Waals surface area contributed by atoms with E-state index in [0.717, 1.165) is 12.0 Å². The van der Waals surface area contributed by atoms with Crippen LogP contribution < -0.4 is 0 Å². The van der Waals surface area contributed by atoms with Gasteiger partial charge in [0.25, 0.3) is 0 Å². The summed E-state index contributed by atoms with van der Waals surface area (Å²) in [5.41, 5.74) is 1.21. The van der Waals surface area contributed by atoms with Crippen molar-refractivity contribution >= 4 is 5.97 Å². The maximum absolute atomic E-state index is 13.5. The molecule has 1 N–H and O–H groups in total. The van der Waals surface area contributed by atoms with E-state index in [0.29, 0.717) is 24.0 Å². The standard InChI is InChI=1S/C13H15FO2/c1-8-4-5-10(14)9(2)11(8)13(12(15)16)6-3-7-13/h4-5H,3,6-7H2,1-2H3,(H,15,16). The number of hydrogen-bond acceptors (Lipinski definition) is 1. The van der Waals surface area contributed by atoms with Crippen LogP contribution in [0.2, 0.25) is 0 Å². The van der Waals surface area contributed by atoms with Crippen LogP contribution in [0.3, 0.4) is 0 Å². The number of hydrogen-bond donors (Lipinski definition) is 1. The van der Waals surface area contributed by atoms with Crippen LogP contribution >= 0.6 is 0 Å². The van der Waals surface area contributed by atoms with Gasteiger partial charge in [0.05, 0.1) is 5.41 Å². The van der Waals surface area contributed by atoms with Gasteiger partial charge in [0.15, 0.2) is 0 Å². The van der Waals surface area contributed by atoms with E-state index < -0.39 is 11.4 Å². The molecular weight excluding hydrogens is 207 g/mol. The van der Waals surface area contributed by atoms with E-state index in [2.05, 4.69) is 0 Å². The molecule has 0 aliphatic heterocycles. The summed E-state index contributed by atoms with van der Waals surface area (Å²) in [5, 5.41) is 9.35. The molecule has 1 aliphatic rings. The SMILES string of the molecule is Cc1ccc(F)c(C)c1C1(C(=O)O)CCC1. The smallest absolute Gasteiger partial charge is 0.314 e. The van der Waals surface area contributed by atoms with Gasteiger partial charge in [0, 0.05) is 0 Å². The lowest BCUT2D eigenvalue weighted by Gasteiger charge is -2.40. The Balaban J connectivity index is 2.63. The largest absolute Gasteiger partial charge is 0.481 e. The van der Waals surface area contributed by atoms with Gasteiger partial charge in [0.1, 0.15) is 5.82 Å². The molecule has 0 unspecified atom stereocenters. The summed E-state index contributed by atoms with van der Waals surface area (Å²) in [7, 11) is 0. The van der Waals surface area contributed by atoms with E-state index in [-0.39, 0.29) is 5.82 Å². The second-order valence-electron chi connectivity index (χ2n) is 4.61. The van der Waals surface area contributed by atoms with Crippen LogP contribution in [0.15, 0.2) is 12.1 Å². The number of halogens is 1. The Hall–Kier alpha value is -1.38. The fourth-order valence-corrected chi connectivity index (χ4v) is 2.66. The highest BCUT2D eigenvalue weighted by Crippen LogP contribution is 2.46. The zero-order valence-corrected chi connectivity index (χ0v) is 9.51. The van der Waals surface area contributed by atoms with Crippen molar-refractivity contribution in [3.8, 4) is 0 Å². The maximum Gasteiger partial charge on any atom is 0.314 e. The van der Waals surface area contributed by atoms with Gasteiger partial charge in [-0.25, -0.2) is 4.39 Å². The van der Waals surface area contributed by atoms with Crippen molar-refractivity contribution in [2.45, 2.75) is 38.5 Å². The molecule has 1 aromatic carbocycles. The molecule has 3 heteroatoms. The van der Waals surface area contributed by atoms with Gasteiger partial charge in [0.2, 0.25) is 0 Å². The first-order valence-corrected chi connectivity index (χ1v) is 5.48. The first-order chi connectivity index (χ1) is 7.49. The van der Waals surface area contributed by atoms with Gasteiger partial charge in [-0.1, -0.05) is 12.5 Å². The quantitative estimate of drug-likeness (QED) is 0.835.